The Morgan fingerprint density at radius 1 is 0.585 bits per heavy atom. The highest BCUT2D eigenvalue weighted by Crippen LogP contribution is 2.43. The second kappa shape index (κ2) is 41.1. The van der Waals surface area contributed by atoms with Crippen molar-refractivity contribution in [2.75, 3.05) is 33.0 Å². The Bertz CT molecular complexity index is 1040. The molecule has 0 heterocycles. The van der Waals surface area contributed by atoms with E-state index in [0.717, 1.165) is 89.9 Å². The number of carbonyl (C=O) groups is 1. The van der Waals surface area contributed by atoms with Crippen molar-refractivity contribution in [1.29, 1.82) is 0 Å². The highest BCUT2D eigenvalue weighted by molar-refractivity contribution is 7.47. The number of hydrogen-bond donors (Lipinski definition) is 2. The molecule has 0 aliphatic rings. The van der Waals surface area contributed by atoms with E-state index < -0.39 is 13.9 Å². The molecule has 0 amide bonds. The Hall–Kier alpha value is -2.06. The van der Waals surface area contributed by atoms with Crippen molar-refractivity contribution in [2.45, 2.75) is 168 Å². The molecule has 0 aliphatic heterocycles. The molecule has 8 nitrogen and oxygen atoms in total. The molecule has 2 atom stereocenters. The molecule has 0 saturated heterocycles. The van der Waals surface area contributed by atoms with Gasteiger partial charge in [-0.2, -0.15) is 0 Å². The predicted molar refractivity (Wildman–Crippen MR) is 224 cm³/mol. The zero-order chi connectivity index (χ0) is 38.8. The SMILES string of the molecule is CC/C=C\C/C=C\C/C=C\C/C=C\CCCCCCC(=O)OC(COCCCCCCCC/C=C\C/C=C\CCCCCC)COP(=O)(O)OCCN. The van der Waals surface area contributed by atoms with Crippen LogP contribution in [-0.2, 0) is 27.9 Å². The average Bonchev–Trinajstić information content (AvgIpc) is 3.15. The van der Waals surface area contributed by atoms with E-state index in [4.69, 9.17) is 24.3 Å². The highest BCUT2D eigenvalue weighted by atomic mass is 31.2. The first kappa shape index (κ1) is 50.9. The molecule has 0 spiro atoms. The van der Waals surface area contributed by atoms with E-state index in [-0.39, 0.29) is 38.8 Å². The van der Waals surface area contributed by atoms with Gasteiger partial charge in [0, 0.05) is 19.6 Å². The zero-order valence-corrected chi connectivity index (χ0v) is 34.6. The third kappa shape index (κ3) is 41.0. The Kier molecular flexibility index (Phi) is 39.5. The van der Waals surface area contributed by atoms with Gasteiger partial charge in [0.2, 0.25) is 0 Å². The maximum atomic E-state index is 12.6. The average molecular weight is 764 g/mol. The predicted octanol–water partition coefficient (Wildman–Crippen LogP) is 12.4. The van der Waals surface area contributed by atoms with Crippen LogP contribution < -0.4 is 5.73 Å². The van der Waals surface area contributed by atoms with Gasteiger partial charge in [-0.25, -0.2) is 4.57 Å². The lowest BCUT2D eigenvalue weighted by molar-refractivity contribution is -0.154. The molecular weight excluding hydrogens is 685 g/mol. The van der Waals surface area contributed by atoms with Gasteiger partial charge in [-0.15, -0.1) is 0 Å². The summed E-state index contributed by atoms with van der Waals surface area (Å²) in [4.78, 5) is 22.5. The van der Waals surface area contributed by atoms with Crippen molar-refractivity contribution < 1.29 is 32.8 Å². The van der Waals surface area contributed by atoms with Gasteiger partial charge in [-0.05, 0) is 83.5 Å². The van der Waals surface area contributed by atoms with Crippen LogP contribution in [0.5, 0.6) is 0 Å². The molecule has 0 fully saturated rings. The Balaban J connectivity index is 4.14. The third-order valence-corrected chi connectivity index (χ3v) is 9.34. The van der Waals surface area contributed by atoms with Crippen molar-refractivity contribution in [3.63, 3.8) is 0 Å². The number of phosphoric acid groups is 1. The van der Waals surface area contributed by atoms with Crippen LogP contribution in [0.4, 0.5) is 0 Å². The molecule has 53 heavy (non-hydrogen) atoms. The first-order valence-corrected chi connectivity index (χ1v) is 22.4. The largest absolute Gasteiger partial charge is 0.472 e. The monoisotopic (exact) mass is 764 g/mol. The molecule has 306 valence electrons. The number of nitrogens with two attached hydrogens (primary N) is 1. The lowest BCUT2D eigenvalue weighted by Gasteiger charge is -2.20. The number of allylic oxidation sites excluding steroid dienone is 12. The summed E-state index contributed by atoms with van der Waals surface area (Å²) in [6, 6.07) is 0. The van der Waals surface area contributed by atoms with Crippen LogP contribution in [0.2, 0.25) is 0 Å². The molecule has 0 aromatic heterocycles. The standard InChI is InChI=1S/C44H78NO7P/c1-3-5-7-9-11-13-15-17-19-21-23-25-27-29-31-33-35-37-44(46)52-43(42-51-53(47,48)50-40-38-45)41-49-39-36-34-32-30-28-26-24-22-20-18-16-14-12-10-8-6-4-2/h5,7,11,13-14,16-17,19-20,22-23,25,43H,3-4,6,8-10,12,15,18,21,24,26-42,45H2,1-2H3,(H,47,48)/b7-5-,13-11-,16-14-,19-17-,22-20-,25-23-. The Morgan fingerprint density at radius 2 is 1.06 bits per heavy atom. The summed E-state index contributed by atoms with van der Waals surface area (Å²) in [6.45, 7) is 4.71. The van der Waals surface area contributed by atoms with Crippen LogP contribution in [0.3, 0.4) is 0 Å². The van der Waals surface area contributed by atoms with Crippen molar-refractivity contribution in [3.8, 4) is 0 Å². The topological polar surface area (TPSA) is 117 Å². The zero-order valence-electron chi connectivity index (χ0n) is 33.7. The van der Waals surface area contributed by atoms with E-state index in [1.54, 1.807) is 0 Å². The summed E-state index contributed by atoms with van der Waals surface area (Å²) < 4.78 is 33.4. The van der Waals surface area contributed by atoms with E-state index in [2.05, 4.69) is 86.8 Å². The number of unbranched alkanes of at least 4 members (excludes halogenated alkanes) is 14. The summed E-state index contributed by atoms with van der Waals surface area (Å²) in [5, 5.41) is 0. The van der Waals surface area contributed by atoms with Crippen molar-refractivity contribution in [3.05, 3.63) is 72.9 Å². The molecule has 0 rings (SSSR count). The molecule has 0 bridgehead atoms. The third-order valence-electron chi connectivity index (χ3n) is 8.36. The molecule has 9 heteroatoms. The highest BCUT2D eigenvalue weighted by Gasteiger charge is 2.25. The lowest BCUT2D eigenvalue weighted by atomic mass is 10.1. The van der Waals surface area contributed by atoms with Crippen molar-refractivity contribution in [1.82, 2.24) is 0 Å². The van der Waals surface area contributed by atoms with E-state index in [0.29, 0.717) is 6.61 Å². The van der Waals surface area contributed by atoms with E-state index in [1.807, 2.05) is 0 Å². The number of hydrogen-bond acceptors (Lipinski definition) is 7. The lowest BCUT2D eigenvalue weighted by Crippen LogP contribution is -2.28. The maximum absolute atomic E-state index is 12.6. The molecule has 0 saturated carbocycles. The normalized spacial score (nSPS) is 14.3. The molecule has 3 N–H and O–H groups in total. The van der Waals surface area contributed by atoms with Crippen molar-refractivity contribution in [2.24, 2.45) is 5.73 Å². The molecule has 0 radical (unpaired) electrons. The summed E-state index contributed by atoms with van der Waals surface area (Å²) in [7, 11) is -4.29. The van der Waals surface area contributed by atoms with Crippen LogP contribution in [0.1, 0.15) is 162 Å². The summed E-state index contributed by atoms with van der Waals surface area (Å²) in [5.41, 5.74) is 5.36. The molecule has 0 aliphatic carbocycles. The van der Waals surface area contributed by atoms with Gasteiger partial charge in [0.1, 0.15) is 6.10 Å². The van der Waals surface area contributed by atoms with E-state index in [9.17, 15) is 14.3 Å². The van der Waals surface area contributed by atoms with Gasteiger partial charge >= 0.3 is 13.8 Å². The van der Waals surface area contributed by atoms with E-state index >= 15 is 0 Å². The van der Waals surface area contributed by atoms with Crippen LogP contribution in [0.25, 0.3) is 0 Å². The molecule has 0 aromatic rings. The minimum absolute atomic E-state index is 0.0904. The minimum atomic E-state index is -4.29. The minimum Gasteiger partial charge on any atom is -0.457 e. The number of esters is 1. The van der Waals surface area contributed by atoms with Gasteiger partial charge < -0.3 is 20.1 Å². The van der Waals surface area contributed by atoms with Gasteiger partial charge in [-0.3, -0.25) is 13.8 Å². The fourth-order valence-electron chi connectivity index (χ4n) is 5.31. The van der Waals surface area contributed by atoms with Crippen LogP contribution >= 0.6 is 7.82 Å². The van der Waals surface area contributed by atoms with Crippen LogP contribution in [-0.4, -0.2) is 49.9 Å². The fraction of sp³-hybridized carbons (Fsp3) is 0.705. The first-order valence-electron chi connectivity index (χ1n) is 20.9. The smallest absolute Gasteiger partial charge is 0.457 e. The van der Waals surface area contributed by atoms with Crippen LogP contribution in [0, 0.1) is 0 Å². The summed E-state index contributed by atoms with van der Waals surface area (Å²) in [6.07, 6.45) is 50.6. The Labute approximate surface area is 325 Å². The number of phosphoric ester groups is 1. The first-order chi connectivity index (χ1) is 25.9. The van der Waals surface area contributed by atoms with Gasteiger partial charge in [0.25, 0.3) is 0 Å². The second-order valence-electron chi connectivity index (χ2n) is 13.5. The van der Waals surface area contributed by atoms with Gasteiger partial charge in [0.15, 0.2) is 0 Å². The molecular formula is C44H78NO7P. The Morgan fingerprint density at radius 3 is 1.58 bits per heavy atom. The fourth-order valence-corrected chi connectivity index (χ4v) is 6.08. The quantitative estimate of drug-likeness (QED) is 0.0275. The maximum Gasteiger partial charge on any atom is 0.472 e. The van der Waals surface area contributed by atoms with E-state index in [1.165, 1.54) is 51.4 Å². The number of carbonyl (C=O) groups excluding carboxylic acids is 1. The molecule has 0 aromatic carbocycles. The van der Waals surface area contributed by atoms with Crippen LogP contribution in [0.15, 0.2) is 72.9 Å². The second-order valence-corrected chi connectivity index (χ2v) is 14.9. The van der Waals surface area contributed by atoms with Gasteiger partial charge in [0.05, 0.1) is 19.8 Å². The van der Waals surface area contributed by atoms with Gasteiger partial charge in [-0.1, -0.05) is 145 Å². The number of ether oxygens (including phenoxy) is 2. The van der Waals surface area contributed by atoms with Crippen molar-refractivity contribution >= 4 is 13.8 Å². The summed E-state index contributed by atoms with van der Waals surface area (Å²) in [5.74, 6) is -0.360. The summed E-state index contributed by atoms with van der Waals surface area (Å²) >= 11 is 0. The number of rotatable bonds is 39. The molecule has 2 unspecified atom stereocenters.